The lowest BCUT2D eigenvalue weighted by Gasteiger charge is -2.38. The van der Waals surface area contributed by atoms with Gasteiger partial charge >= 0.3 is 0 Å². The van der Waals surface area contributed by atoms with Crippen LogP contribution in [0.2, 0.25) is 0 Å². The Labute approximate surface area is 127 Å². The van der Waals surface area contributed by atoms with Gasteiger partial charge in [0.05, 0.1) is 0 Å². The maximum Gasteiger partial charge on any atom is 0.226 e. The molecule has 1 aliphatic carbocycles. The normalized spacial score (nSPS) is 30.7. The third kappa shape index (κ3) is 3.96. The van der Waals surface area contributed by atoms with Gasteiger partial charge in [-0.1, -0.05) is 13.8 Å². The van der Waals surface area contributed by atoms with Crippen molar-refractivity contribution >= 4 is 11.8 Å². The van der Waals surface area contributed by atoms with Crippen molar-refractivity contribution in [2.75, 3.05) is 13.1 Å². The van der Waals surface area contributed by atoms with Crippen LogP contribution >= 0.6 is 0 Å². The van der Waals surface area contributed by atoms with E-state index >= 15 is 0 Å². The first-order valence-corrected chi connectivity index (χ1v) is 8.22. The fraction of sp³-hybridized carbons (Fsp3) is 0.875. The molecule has 0 aromatic carbocycles. The minimum absolute atomic E-state index is 0.00583. The topological polar surface area (TPSA) is 84.2 Å². The summed E-state index contributed by atoms with van der Waals surface area (Å²) >= 11 is 0. The van der Waals surface area contributed by atoms with E-state index in [1.54, 1.807) is 0 Å². The van der Waals surface area contributed by atoms with Crippen molar-refractivity contribution < 1.29 is 9.59 Å². The Hall–Kier alpha value is -1.10. The highest BCUT2D eigenvalue weighted by Gasteiger charge is 2.38. The van der Waals surface area contributed by atoms with Gasteiger partial charge in [-0.2, -0.15) is 0 Å². The second kappa shape index (κ2) is 6.77. The molecule has 1 unspecified atom stereocenters. The third-order valence-electron chi connectivity index (χ3n) is 5.37. The molecule has 2 fully saturated rings. The van der Waals surface area contributed by atoms with Crippen LogP contribution in [0.1, 0.15) is 52.4 Å². The molecule has 0 aromatic rings. The van der Waals surface area contributed by atoms with Crippen LogP contribution in [-0.4, -0.2) is 30.9 Å². The van der Waals surface area contributed by atoms with Gasteiger partial charge in [0.2, 0.25) is 11.8 Å². The summed E-state index contributed by atoms with van der Waals surface area (Å²) in [5, 5.41) is 6.58. The van der Waals surface area contributed by atoms with E-state index in [1.807, 2.05) is 0 Å². The molecule has 120 valence electrons. The highest BCUT2D eigenvalue weighted by Crippen LogP contribution is 2.33. The van der Waals surface area contributed by atoms with Crippen LogP contribution < -0.4 is 16.4 Å². The number of primary amides is 1. The SMILES string of the molecule is CC(C)(C(=O)NC1CCC(C(N)=O)CC1)C1CCCNC1. The maximum atomic E-state index is 12.6. The monoisotopic (exact) mass is 295 g/mol. The number of hydrogen-bond acceptors (Lipinski definition) is 3. The van der Waals surface area contributed by atoms with Gasteiger partial charge in [-0.15, -0.1) is 0 Å². The molecule has 2 rings (SSSR count). The second-order valence-electron chi connectivity index (χ2n) is 7.19. The molecule has 1 saturated carbocycles. The zero-order valence-electron chi connectivity index (χ0n) is 13.3. The fourth-order valence-electron chi connectivity index (χ4n) is 3.55. The van der Waals surface area contributed by atoms with Crippen LogP contribution in [0.5, 0.6) is 0 Å². The van der Waals surface area contributed by atoms with E-state index in [4.69, 9.17) is 5.73 Å². The van der Waals surface area contributed by atoms with E-state index in [-0.39, 0.29) is 29.2 Å². The summed E-state index contributed by atoms with van der Waals surface area (Å²) in [6.07, 6.45) is 5.57. The molecule has 5 heteroatoms. The van der Waals surface area contributed by atoms with E-state index in [2.05, 4.69) is 24.5 Å². The first-order chi connectivity index (χ1) is 9.91. The molecule has 4 N–H and O–H groups in total. The largest absolute Gasteiger partial charge is 0.369 e. The maximum absolute atomic E-state index is 12.6. The molecule has 0 aromatic heterocycles. The lowest BCUT2D eigenvalue weighted by Crippen LogP contribution is -2.50. The molecular formula is C16H29N3O2. The van der Waals surface area contributed by atoms with Crippen LogP contribution in [0.15, 0.2) is 0 Å². The molecule has 2 amide bonds. The number of piperidine rings is 1. The predicted octanol–water partition coefficient (Wildman–Crippen LogP) is 1.17. The predicted molar refractivity (Wildman–Crippen MR) is 82.5 cm³/mol. The van der Waals surface area contributed by atoms with Crippen molar-refractivity contribution in [3.8, 4) is 0 Å². The van der Waals surface area contributed by atoms with Crippen LogP contribution in [-0.2, 0) is 9.59 Å². The molecule has 2 aliphatic rings. The van der Waals surface area contributed by atoms with Crippen molar-refractivity contribution in [1.82, 2.24) is 10.6 Å². The molecule has 0 radical (unpaired) electrons. The Bertz CT molecular complexity index is 381. The van der Waals surface area contributed by atoms with Crippen LogP contribution in [0.3, 0.4) is 0 Å². The standard InChI is InChI=1S/C16H29N3O2/c1-16(2,12-4-3-9-18-10-12)15(21)19-13-7-5-11(6-8-13)14(17)20/h11-13,18H,3-10H2,1-2H3,(H2,17,20)(H,19,21). The first kappa shape index (κ1) is 16.3. The van der Waals surface area contributed by atoms with Crippen LogP contribution in [0.25, 0.3) is 0 Å². The highest BCUT2D eigenvalue weighted by molar-refractivity contribution is 5.82. The van der Waals surface area contributed by atoms with Gasteiger partial charge in [-0.25, -0.2) is 0 Å². The summed E-state index contributed by atoms with van der Waals surface area (Å²) in [6, 6.07) is 0.198. The summed E-state index contributed by atoms with van der Waals surface area (Å²) < 4.78 is 0. The number of hydrogen-bond donors (Lipinski definition) is 3. The zero-order valence-corrected chi connectivity index (χ0v) is 13.3. The van der Waals surface area contributed by atoms with E-state index in [0.717, 1.165) is 51.6 Å². The summed E-state index contributed by atoms with van der Waals surface area (Å²) in [4.78, 5) is 23.8. The Balaban J connectivity index is 1.84. The van der Waals surface area contributed by atoms with Crippen molar-refractivity contribution in [1.29, 1.82) is 0 Å². The molecule has 1 saturated heterocycles. The molecule has 1 atom stereocenters. The van der Waals surface area contributed by atoms with Gasteiger partial charge in [0, 0.05) is 17.4 Å². The molecular weight excluding hydrogens is 266 g/mol. The van der Waals surface area contributed by atoms with Gasteiger partial charge in [-0.05, 0) is 57.5 Å². The molecule has 1 aliphatic heterocycles. The fourth-order valence-corrected chi connectivity index (χ4v) is 3.55. The first-order valence-electron chi connectivity index (χ1n) is 8.22. The number of rotatable bonds is 4. The number of nitrogens with two attached hydrogens (primary N) is 1. The number of carbonyl (C=O) groups is 2. The van der Waals surface area contributed by atoms with Gasteiger partial charge in [0.25, 0.3) is 0 Å². The third-order valence-corrected chi connectivity index (χ3v) is 5.37. The Morgan fingerprint density at radius 2 is 1.81 bits per heavy atom. The van der Waals surface area contributed by atoms with Gasteiger partial charge < -0.3 is 16.4 Å². The van der Waals surface area contributed by atoms with Gasteiger partial charge in [-0.3, -0.25) is 9.59 Å². The smallest absolute Gasteiger partial charge is 0.226 e. The number of nitrogens with one attached hydrogen (secondary N) is 2. The minimum atomic E-state index is -0.339. The highest BCUT2D eigenvalue weighted by atomic mass is 16.2. The average Bonchev–Trinajstić information content (AvgIpc) is 2.48. The van der Waals surface area contributed by atoms with Crippen LogP contribution in [0.4, 0.5) is 0 Å². The van der Waals surface area contributed by atoms with Gasteiger partial charge in [0.1, 0.15) is 0 Å². The summed E-state index contributed by atoms with van der Waals surface area (Å²) in [6.45, 7) is 6.09. The minimum Gasteiger partial charge on any atom is -0.369 e. The molecule has 5 nitrogen and oxygen atoms in total. The summed E-state index contributed by atoms with van der Waals surface area (Å²) in [5.74, 6) is 0.342. The lowest BCUT2D eigenvalue weighted by molar-refractivity contribution is -0.133. The molecule has 21 heavy (non-hydrogen) atoms. The van der Waals surface area contributed by atoms with Crippen LogP contribution in [0, 0.1) is 17.3 Å². The van der Waals surface area contributed by atoms with E-state index in [9.17, 15) is 9.59 Å². The zero-order chi connectivity index (χ0) is 15.5. The van der Waals surface area contributed by atoms with Crippen molar-refractivity contribution in [3.05, 3.63) is 0 Å². The van der Waals surface area contributed by atoms with Crippen molar-refractivity contribution in [3.63, 3.8) is 0 Å². The van der Waals surface area contributed by atoms with Gasteiger partial charge in [0.15, 0.2) is 0 Å². The Morgan fingerprint density at radius 3 is 2.33 bits per heavy atom. The Kier molecular flexibility index (Phi) is 5.25. The number of amides is 2. The summed E-state index contributed by atoms with van der Waals surface area (Å²) in [7, 11) is 0. The Morgan fingerprint density at radius 1 is 1.14 bits per heavy atom. The second-order valence-corrected chi connectivity index (χ2v) is 7.19. The lowest BCUT2D eigenvalue weighted by atomic mass is 9.74. The summed E-state index contributed by atoms with van der Waals surface area (Å²) in [5.41, 5.74) is 5.01. The number of carbonyl (C=O) groups excluding carboxylic acids is 2. The van der Waals surface area contributed by atoms with E-state index in [1.165, 1.54) is 0 Å². The van der Waals surface area contributed by atoms with Crippen molar-refractivity contribution in [2.45, 2.75) is 58.4 Å². The molecule has 0 spiro atoms. The van der Waals surface area contributed by atoms with E-state index in [0.29, 0.717) is 5.92 Å². The van der Waals surface area contributed by atoms with Crippen molar-refractivity contribution in [2.24, 2.45) is 23.0 Å². The quantitative estimate of drug-likeness (QED) is 0.728. The van der Waals surface area contributed by atoms with E-state index < -0.39 is 0 Å². The average molecular weight is 295 g/mol. The molecule has 0 bridgehead atoms. The molecule has 1 heterocycles.